The number of benzene rings is 1. The van der Waals surface area contributed by atoms with E-state index in [9.17, 15) is 5.11 Å². The molecular weight excluding hydrogens is 200 g/mol. The molecule has 1 saturated heterocycles. The number of nitrogens with two attached hydrogens (primary N) is 1. The predicted molar refractivity (Wildman–Crippen MR) is 65.0 cm³/mol. The molecule has 0 bridgehead atoms. The Hall–Kier alpha value is -0.900. The first-order valence-corrected chi connectivity index (χ1v) is 5.88. The van der Waals surface area contributed by atoms with Gasteiger partial charge in [-0.05, 0) is 30.0 Å². The number of aryl methyl sites for hydroxylation is 1. The predicted octanol–water partition coefficient (Wildman–Crippen LogP) is 1.02. The number of hydrogen-bond acceptors (Lipinski definition) is 3. The Balaban J connectivity index is 2.04. The fraction of sp³-hybridized carbons (Fsp3) is 0.538. The largest absolute Gasteiger partial charge is 0.392 e. The first kappa shape index (κ1) is 11.6. The molecule has 3 heteroatoms. The lowest BCUT2D eigenvalue weighted by molar-refractivity contribution is 0.174. The van der Waals surface area contributed by atoms with Gasteiger partial charge in [0.25, 0.3) is 0 Å². The summed E-state index contributed by atoms with van der Waals surface area (Å²) in [6, 6.07) is 6.40. The van der Waals surface area contributed by atoms with E-state index in [0.717, 1.165) is 26.1 Å². The number of aliphatic hydroxyl groups excluding tert-OH is 1. The summed E-state index contributed by atoms with van der Waals surface area (Å²) in [7, 11) is 0. The first-order valence-electron chi connectivity index (χ1n) is 5.88. The molecule has 16 heavy (non-hydrogen) atoms. The molecule has 1 aromatic carbocycles. The van der Waals surface area contributed by atoms with E-state index in [1.54, 1.807) is 0 Å². The molecule has 88 valence electrons. The third kappa shape index (κ3) is 2.61. The van der Waals surface area contributed by atoms with Crippen LogP contribution < -0.4 is 5.73 Å². The fourth-order valence-corrected chi connectivity index (χ4v) is 2.26. The van der Waals surface area contributed by atoms with Crippen molar-refractivity contribution < 1.29 is 5.11 Å². The van der Waals surface area contributed by atoms with Gasteiger partial charge in [-0.25, -0.2) is 0 Å². The average molecular weight is 220 g/mol. The van der Waals surface area contributed by atoms with Crippen molar-refractivity contribution >= 4 is 0 Å². The van der Waals surface area contributed by atoms with E-state index in [1.807, 2.05) is 0 Å². The van der Waals surface area contributed by atoms with E-state index in [4.69, 9.17) is 5.73 Å². The van der Waals surface area contributed by atoms with Gasteiger partial charge in [0.05, 0.1) is 6.10 Å². The van der Waals surface area contributed by atoms with Crippen molar-refractivity contribution in [3.63, 3.8) is 0 Å². The molecule has 1 fully saturated rings. The molecule has 0 saturated carbocycles. The molecule has 3 N–H and O–H groups in total. The van der Waals surface area contributed by atoms with Crippen molar-refractivity contribution in [3.8, 4) is 0 Å². The van der Waals surface area contributed by atoms with Gasteiger partial charge in [0.2, 0.25) is 0 Å². The molecule has 2 rings (SSSR count). The standard InChI is InChI=1S/C13H20N2O/c1-10-6-11(7-14)2-3-12(10)8-15-5-4-13(16)9-15/h2-3,6,13,16H,4-5,7-9,14H2,1H3. The number of β-amino-alcohol motifs (C(OH)–C–C–N with tert-alkyl or cyclic N) is 1. The van der Waals surface area contributed by atoms with Crippen LogP contribution in [0.15, 0.2) is 18.2 Å². The third-order valence-electron chi connectivity index (χ3n) is 3.28. The molecule has 1 heterocycles. The minimum absolute atomic E-state index is 0.136. The van der Waals surface area contributed by atoms with Gasteiger partial charge in [-0.1, -0.05) is 18.2 Å². The molecule has 0 amide bonds. The Labute approximate surface area is 96.9 Å². The second kappa shape index (κ2) is 4.95. The first-order chi connectivity index (χ1) is 7.69. The smallest absolute Gasteiger partial charge is 0.0679 e. The van der Waals surface area contributed by atoms with Crippen molar-refractivity contribution in [2.75, 3.05) is 13.1 Å². The average Bonchev–Trinajstić information content (AvgIpc) is 2.67. The van der Waals surface area contributed by atoms with Crippen molar-refractivity contribution in [1.82, 2.24) is 4.90 Å². The number of likely N-dealkylation sites (tertiary alicyclic amines) is 1. The van der Waals surface area contributed by atoms with Gasteiger partial charge in [0.15, 0.2) is 0 Å². The van der Waals surface area contributed by atoms with Crippen LogP contribution in [0.25, 0.3) is 0 Å². The monoisotopic (exact) mass is 220 g/mol. The zero-order valence-corrected chi connectivity index (χ0v) is 9.82. The number of rotatable bonds is 3. The van der Waals surface area contributed by atoms with Crippen LogP contribution >= 0.6 is 0 Å². The third-order valence-corrected chi connectivity index (χ3v) is 3.28. The van der Waals surface area contributed by atoms with Gasteiger partial charge in [0, 0.05) is 26.2 Å². The summed E-state index contributed by atoms with van der Waals surface area (Å²) in [6.07, 6.45) is 0.767. The van der Waals surface area contributed by atoms with Crippen molar-refractivity contribution in [2.45, 2.75) is 32.5 Å². The maximum Gasteiger partial charge on any atom is 0.0679 e. The lowest BCUT2D eigenvalue weighted by Crippen LogP contribution is -2.22. The number of aliphatic hydroxyl groups is 1. The molecule has 1 aromatic rings. The van der Waals surface area contributed by atoms with Crippen LogP contribution in [-0.2, 0) is 13.1 Å². The Bertz CT molecular complexity index is 365. The van der Waals surface area contributed by atoms with Crippen LogP contribution in [0.4, 0.5) is 0 Å². The second-order valence-corrected chi connectivity index (χ2v) is 4.64. The van der Waals surface area contributed by atoms with Gasteiger partial charge < -0.3 is 10.8 Å². The van der Waals surface area contributed by atoms with Crippen LogP contribution in [-0.4, -0.2) is 29.2 Å². The van der Waals surface area contributed by atoms with E-state index >= 15 is 0 Å². The van der Waals surface area contributed by atoms with Crippen molar-refractivity contribution in [1.29, 1.82) is 0 Å². The molecule has 0 spiro atoms. The molecule has 0 aliphatic carbocycles. The molecule has 1 unspecified atom stereocenters. The summed E-state index contributed by atoms with van der Waals surface area (Å²) >= 11 is 0. The second-order valence-electron chi connectivity index (χ2n) is 4.64. The van der Waals surface area contributed by atoms with Gasteiger partial charge >= 0.3 is 0 Å². The van der Waals surface area contributed by atoms with E-state index in [1.165, 1.54) is 16.7 Å². The maximum absolute atomic E-state index is 9.47. The normalized spacial score (nSPS) is 21.6. The number of hydrogen-bond donors (Lipinski definition) is 2. The van der Waals surface area contributed by atoms with Crippen molar-refractivity contribution in [3.05, 3.63) is 34.9 Å². The lowest BCUT2D eigenvalue weighted by atomic mass is 10.0. The highest BCUT2D eigenvalue weighted by atomic mass is 16.3. The summed E-state index contributed by atoms with van der Waals surface area (Å²) in [6.45, 7) is 5.47. The zero-order valence-electron chi connectivity index (χ0n) is 9.82. The number of nitrogens with zero attached hydrogens (tertiary/aromatic N) is 1. The van der Waals surface area contributed by atoms with Gasteiger partial charge in [-0.2, -0.15) is 0 Å². The fourth-order valence-electron chi connectivity index (χ4n) is 2.26. The zero-order chi connectivity index (χ0) is 11.5. The van der Waals surface area contributed by atoms with E-state index in [-0.39, 0.29) is 6.10 Å². The highest BCUT2D eigenvalue weighted by Crippen LogP contribution is 2.17. The minimum atomic E-state index is -0.136. The molecule has 0 radical (unpaired) electrons. The topological polar surface area (TPSA) is 49.5 Å². The van der Waals surface area contributed by atoms with Crippen molar-refractivity contribution in [2.24, 2.45) is 5.73 Å². The molecule has 3 nitrogen and oxygen atoms in total. The SMILES string of the molecule is Cc1cc(CN)ccc1CN1CCC(O)C1. The Kier molecular flexibility index (Phi) is 3.59. The highest BCUT2D eigenvalue weighted by molar-refractivity contribution is 5.31. The van der Waals surface area contributed by atoms with Crippen LogP contribution in [0.5, 0.6) is 0 Å². The van der Waals surface area contributed by atoms with Crippen LogP contribution in [0.1, 0.15) is 23.1 Å². The maximum atomic E-state index is 9.47. The Morgan fingerprint density at radius 2 is 2.31 bits per heavy atom. The molecule has 1 aliphatic rings. The van der Waals surface area contributed by atoms with Gasteiger partial charge in [-0.3, -0.25) is 4.90 Å². The van der Waals surface area contributed by atoms with Gasteiger partial charge in [-0.15, -0.1) is 0 Å². The molecule has 0 aromatic heterocycles. The summed E-state index contributed by atoms with van der Waals surface area (Å²) in [5.41, 5.74) is 9.43. The quantitative estimate of drug-likeness (QED) is 0.799. The van der Waals surface area contributed by atoms with E-state index < -0.39 is 0 Å². The summed E-state index contributed by atoms with van der Waals surface area (Å²) < 4.78 is 0. The van der Waals surface area contributed by atoms with E-state index in [2.05, 4.69) is 30.0 Å². The molecular formula is C13H20N2O. The van der Waals surface area contributed by atoms with Crippen LogP contribution in [0, 0.1) is 6.92 Å². The Morgan fingerprint density at radius 3 is 2.88 bits per heavy atom. The summed E-state index contributed by atoms with van der Waals surface area (Å²) in [4.78, 5) is 2.30. The highest BCUT2D eigenvalue weighted by Gasteiger charge is 2.20. The summed E-state index contributed by atoms with van der Waals surface area (Å²) in [5.74, 6) is 0. The molecule has 1 aliphatic heterocycles. The van der Waals surface area contributed by atoms with E-state index in [0.29, 0.717) is 6.54 Å². The van der Waals surface area contributed by atoms with Gasteiger partial charge in [0.1, 0.15) is 0 Å². The minimum Gasteiger partial charge on any atom is -0.392 e. The summed E-state index contributed by atoms with van der Waals surface area (Å²) in [5, 5.41) is 9.47. The van der Waals surface area contributed by atoms with Crippen LogP contribution in [0.2, 0.25) is 0 Å². The molecule has 1 atom stereocenters. The van der Waals surface area contributed by atoms with Crippen LogP contribution in [0.3, 0.4) is 0 Å². The Morgan fingerprint density at radius 1 is 1.50 bits per heavy atom. The lowest BCUT2D eigenvalue weighted by Gasteiger charge is -2.17.